The number of piperazine rings is 1. The lowest BCUT2D eigenvalue weighted by molar-refractivity contribution is -0.130. The molecule has 30 heavy (non-hydrogen) atoms. The maximum Gasteiger partial charge on any atom is 0.276 e. The summed E-state index contributed by atoms with van der Waals surface area (Å²) in [6.07, 6.45) is 1.39. The summed E-state index contributed by atoms with van der Waals surface area (Å²) in [5, 5.41) is 7.87. The van der Waals surface area contributed by atoms with Crippen LogP contribution in [-0.4, -0.2) is 40.5 Å². The zero-order valence-electron chi connectivity index (χ0n) is 17.6. The van der Waals surface area contributed by atoms with Gasteiger partial charge in [0.1, 0.15) is 6.04 Å². The highest BCUT2D eigenvalue weighted by atomic mass is 35.5. The fraction of sp³-hybridized carbons (Fsp3) is 0.500. The van der Waals surface area contributed by atoms with Crippen molar-refractivity contribution in [1.29, 1.82) is 0 Å². The van der Waals surface area contributed by atoms with Crippen molar-refractivity contribution in [3.05, 3.63) is 40.0 Å². The molecule has 2 heterocycles. The Morgan fingerprint density at radius 2 is 1.87 bits per heavy atom. The van der Waals surface area contributed by atoms with Gasteiger partial charge in [0.15, 0.2) is 11.5 Å². The van der Waals surface area contributed by atoms with Crippen LogP contribution in [0.2, 0.25) is 10.0 Å². The summed E-state index contributed by atoms with van der Waals surface area (Å²) >= 11 is 12.1. The van der Waals surface area contributed by atoms with Gasteiger partial charge in [-0.25, -0.2) is 0 Å². The molecule has 162 valence electrons. The molecule has 1 saturated heterocycles. The van der Waals surface area contributed by atoms with Crippen LogP contribution in [0.25, 0.3) is 11.3 Å². The molecule has 1 aliphatic heterocycles. The van der Waals surface area contributed by atoms with Gasteiger partial charge in [-0.2, -0.15) is 0 Å². The monoisotopic (exact) mass is 451 g/mol. The molecule has 0 radical (unpaired) electrons. The maximum atomic E-state index is 13.3. The van der Waals surface area contributed by atoms with Crippen LogP contribution in [0.5, 0.6) is 0 Å². The van der Waals surface area contributed by atoms with Gasteiger partial charge in [-0.15, -0.1) is 0 Å². The van der Waals surface area contributed by atoms with E-state index in [1.807, 2.05) is 13.8 Å². The second kappa shape index (κ2) is 9.40. The number of hydrogen-bond acceptors (Lipinski definition) is 4. The third-order valence-electron chi connectivity index (χ3n) is 5.09. The Labute approximate surface area is 186 Å². The predicted molar refractivity (Wildman–Crippen MR) is 118 cm³/mol. The molecule has 1 N–H and O–H groups in total. The highest BCUT2D eigenvalue weighted by Crippen LogP contribution is 2.29. The lowest BCUT2D eigenvalue weighted by atomic mass is 9.94. The molecule has 2 unspecified atom stereocenters. The second-order valence-corrected chi connectivity index (χ2v) is 9.46. The van der Waals surface area contributed by atoms with Crippen LogP contribution in [0.4, 0.5) is 0 Å². The van der Waals surface area contributed by atoms with Crippen LogP contribution in [0.15, 0.2) is 28.8 Å². The van der Waals surface area contributed by atoms with Crippen molar-refractivity contribution < 1.29 is 14.1 Å². The molecular weight excluding hydrogens is 425 g/mol. The van der Waals surface area contributed by atoms with Crippen molar-refractivity contribution in [3.63, 3.8) is 0 Å². The lowest BCUT2D eigenvalue weighted by Crippen LogP contribution is -2.62. The molecule has 1 aromatic carbocycles. The Hall–Kier alpha value is -2.05. The van der Waals surface area contributed by atoms with Gasteiger partial charge in [0.05, 0.1) is 10.0 Å². The van der Waals surface area contributed by atoms with E-state index >= 15 is 0 Å². The van der Waals surface area contributed by atoms with E-state index in [-0.39, 0.29) is 29.5 Å². The van der Waals surface area contributed by atoms with Crippen LogP contribution in [0, 0.1) is 11.8 Å². The first-order valence-corrected chi connectivity index (χ1v) is 10.9. The van der Waals surface area contributed by atoms with Gasteiger partial charge in [0.25, 0.3) is 5.91 Å². The molecule has 0 bridgehead atoms. The fourth-order valence-corrected chi connectivity index (χ4v) is 4.06. The van der Waals surface area contributed by atoms with Crippen molar-refractivity contribution in [2.24, 2.45) is 11.8 Å². The van der Waals surface area contributed by atoms with E-state index in [2.05, 4.69) is 24.3 Å². The Morgan fingerprint density at radius 1 is 1.17 bits per heavy atom. The van der Waals surface area contributed by atoms with Crippen molar-refractivity contribution in [2.45, 2.75) is 52.6 Å². The maximum absolute atomic E-state index is 13.3. The van der Waals surface area contributed by atoms with Gasteiger partial charge in [0, 0.05) is 24.2 Å². The summed E-state index contributed by atoms with van der Waals surface area (Å²) in [6.45, 7) is 8.72. The normalized spacial score (nSPS) is 19.5. The third-order valence-corrected chi connectivity index (χ3v) is 5.83. The molecule has 0 saturated carbocycles. The SMILES string of the molecule is CC(C)CC1CN(C(=O)c2cc(-c3ccc(Cl)c(Cl)c3)on2)C(CC(C)C)C(=O)N1. The van der Waals surface area contributed by atoms with Crippen LogP contribution in [-0.2, 0) is 4.79 Å². The third kappa shape index (κ3) is 5.16. The number of carbonyl (C=O) groups excluding carboxylic acids is 2. The molecule has 3 rings (SSSR count). The average molecular weight is 452 g/mol. The number of nitrogens with one attached hydrogen (secondary N) is 1. The zero-order chi connectivity index (χ0) is 22.0. The number of amides is 2. The Morgan fingerprint density at radius 3 is 2.50 bits per heavy atom. The molecule has 8 heteroatoms. The molecule has 0 spiro atoms. The Balaban J connectivity index is 1.86. The van der Waals surface area contributed by atoms with Crippen LogP contribution < -0.4 is 5.32 Å². The lowest BCUT2D eigenvalue weighted by Gasteiger charge is -2.40. The average Bonchev–Trinajstić information content (AvgIpc) is 3.14. The van der Waals surface area contributed by atoms with E-state index in [1.54, 1.807) is 29.2 Å². The van der Waals surface area contributed by atoms with Gasteiger partial charge in [-0.05, 0) is 42.9 Å². The molecule has 2 amide bonds. The molecule has 6 nitrogen and oxygen atoms in total. The number of benzene rings is 1. The molecule has 1 fully saturated rings. The summed E-state index contributed by atoms with van der Waals surface area (Å²) in [5.74, 6) is 0.669. The first-order valence-electron chi connectivity index (χ1n) is 10.2. The molecule has 2 aromatic rings. The number of carbonyl (C=O) groups is 2. The van der Waals surface area contributed by atoms with E-state index < -0.39 is 6.04 Å². The molecular formula is C22H27Cl2N3O3. The topological polar surface area (TPSA) is 75.4 Å². The molecule has 0 aliphatic carbocycles. The smallest absolute Gasteiger partial charge is 0.276 e. The van der Waals surface area contributed by atoms with E-state index in [0.717, 1.165) is 6.42 Å². The van der Waals surface area contributed by atoms with E-state index in [0.29, 0.717) is 40.3 Å². The first kappa shape index (κ1) is 22.6. The first-order chi connectivity index (χ1) is 14.2. The minimum Gasteiger partial charge on any atom is -0.355 e. The summed E-state index contributed by atoms with van der Waals surface area (Å²) in [5.41, 5.74) is 0.839. The number of rotatable bonds is 6. The van der Waals surface area contributed by atoms with Crippen molar-refractivity contribution >= 4 is 35.0 Å². The predicted octanol–water partition coefficient (Wildman–Crippen LogP) is 5.05. The quantitative estimate of drug-likeness (QED) is 0.666. The largest absolute Gasteiger partial charge is 0.355 e. The number of halogens is 2. The summed E-state index contributed by atoms with van der Waals surface area (Å²) < 4.78 is 5.39. The number of nitrogens with zero attached hydrogens (tertiary/aromatic N) is 2. The van der Waals surface area contributed by atoms with E-state index in [4.69, 9.17) is 27.7 Å². The van der Waals surface area contributed by atoms with Gasteiger partial charge in [-0.3, -0.25) is 9.59 Å². The summed E-state index contributed by atoms with van der Waals surface area (Å²) in [4.78, 5) is 27.7. The summed E-state index contributed by atoms with van der Waals surface area (Å²) in [6, 6.07) is 6.05. The second-order valence-electron chi connectivity index (χ2n) is 8.64. The molecule has 2 atom stereocenters. The van der Waals surface area contributed by atoms with Crippen LogP contribution in [0.1, 0.15) is 51.0 Å². The fourth-order valence-electron chi connectivity index (χ4n) is 3.77. The highest BCUT2D eigenvalue weighted by molar-refractivity contribution is 6.42. The highest BCUT2D eigenvalue weighted by Gasteiger charge is 2.39. The van der Waals surface area contributed by atoms with Crippen molar-refractivity contribution in [2.75, 3.05) is 6.54 Å². The van der Waals surface area contributed by atoms with Crippen molar-refractivity contribution in [3.8, 4) is 11.3 Å². The van der Waals surface area contributed by atoms with Gasteiger partial charge in [0.2, 0.25) is 5.91 Å². The minimum absolute atomic E-state index is 0.0775. The number of aromatic nitrogens is 1. The minimum atomic E-state index is -0.522. The molecule has 1 aliphatic rings. The van der Waals surface area contributed by atoms with E-state index in [9.17, 15) is 9.59 Å². The van der Waals surface area contributed by atoms with Gasteiger partial charge in [-0.1, -0.05) is 56.1 Å². The summed E-state index contributed by atoms with van der Waals surface area (Å²) in [7, 11) is 0. The Kier molecular flexibility index (Phi) is 7.09. The Bertz CT molecular complexity index is 926. The van der Waals surface area contributed by atoms with Crippen molar-refractivity contribution in [1.82, 2.24) is 15.4 Å². The van der Waals surface area contributed by atoms with Gasteiger partial charge >= 0.3 is 0 Å². The number of hydrogen-bond donors (Lipinski definition) is 1. The van der Waals surface area contributed by atoms with E-state index in [1.165, 1.54) is 0 Å². The van der Waals surface area contributed by atoms with Crippen LogP contribution >= 0.6 is 23.2 Å². The van der Waals surface area contributed by atoms with Gasteiger partial charge < -0.3 is 14.7 Å². The standard InChI is InChI=1S/C22H27Cl2N3O3/c1-12(2)7-15-11-27(19(8-13(3)4)21(28)25-15)22(29)18-10-20(30-26-18)14-5-6-16(23)17(24)9-14/h5-6,9-10,12-13,15,19H,7-8,11H2,1-4H3,(H,25,28). The molecule has 1 aromatic heterocycles. The zero-order valence-corrected chi connectivity index (χ0v) is 19.1. The van der Waals surface area contributed by atoms with Crippen LogP contribution in [0.3, 0.4) is 0 Å².